The second-order valence-corrected chi connectivity index (χ2v) is 6.73. The van der Waals surface area contributed by atoms with Gasteiger partial charge in [0.25, 0.3) is 5.91 Å². The van der Waals surface area contributed by atoms with Crippen LogP contribution in [-0.2, 0) is 9.59 Å². The first kappa shape index (κ1) is 18.8. The van der Waals surface area contributed by atoms with Crippen LogP contribution in [0.4, 0.5) is 0 Å². The van der Waals surface area contributed by atoms with Gasteiger partial charge in [-0.3, -0.25) is 9.59 Å². The molecule has 1 aliphatic rings. The van der Waals surface area contributed by atoms with E-state index in [0.717, 1.165) is 25.0 Å². The van der Waals surface area contributed by atoms with Gasteiger partial charge < -0.3 is 20.5 Å². The molecule has 0 bridgehead atoms. The fourth-order valence-corrected chi connectivity index (χ4v) is 3.27. The zero-order valence-corrected chi connectivity index (χ0v) is 15.1. The molecule has 142 valence electrons. The van der Waals surface area contributed by atoms with E-state index in [1.54, 1.807) is 24.3 Å². The van der Waals surface area contributed by atoms with Crippen LogP contribution in [0, 0.1) is 0 Å². The average Bonchev–Trinajstić information content (AvgIpc) is 2.69. The van der Waals surface area contributed by atoms with Crippen LogP contribution in [0.5, 0.6) is 17.2 Å². The Kier molecular flexibility index (Phi) is 5.96. The summed E-state index contributed by atoms with van der Waals surface area (Å²) in [6.07, 6.45) is 3.98. The molecule has 27 heavy (non-hydrogen) atoms. The normalized spacial score (nSPS) is 15.6. The zero-order chi connectivity index (χ0) is 19.1. The summed E-state index contributed by atoms with van der Waals surface area (Å²) in [5.74, 6) is 1.14. The minimum atomic E-state index is -0.938. The maximum Gasteiger partial charge on any atom is 0.258 e. The molecule has 0 aliphatic heterocycles. The average molecular weight is 368 g/mol. The maximum absolute atomic E-state index is 12.2. The number of nitrogens with one attached hydrogen (secondary N) is 1. The number of para-hydroxylation sites is 1. The highest BCUT2D eigenvalue weighted by molar-refractivity contribution is 5.91. The molecule has 0 heterocycles. The number of ether oxygens (including phenoxy) is 2. The highest BCUT2D eigenvalue weighted by Gasteiger charge is 2.39. The molecule has 0 unspecified atom stereocenters. The van der Waals surface area contributed by atoms with Gasteiger partial charge in [0, 0.05) is 0 Å². The van der Waals surface area contributed by atoms with E-state index in [-0.39, 0.29) is 12.5 Å². The van der Waals surface area contributed by atoms with Crippen LogP contribution in [0.1, 0.15) is 32.1 Å². The predicted octanol–water partition coefficient (Wildman–Crippen LogP) is 3.16. The summed E-state index contributed by atoms with van der Waals surface area (Å²) < 4.78 is 11.2. The SMILES string of the molecule is NC(=O)C1(NC(=O)COc2ccc(Oc3ccccc3)cc2)CCCCC1. The van der Waals surface area contributed by atoms with Gasteiger partial charge in [-0.25, -0.2) is 0 Å². The quantitative estimate of drug-likeness (QED) is 0.785. The molecule has 1 saturated carbocycles. The summed E-state index contributed by atoms with van der Waals surface area (Å²) in [4.78, 5) is 24.1. The summed E-state index contributed by atoms with van der Waals surface area (Å²) in [5.41, 5.74) is 4.59. The molecule has 2 aromatic rings. The van der Waals surface area contributed by atoms with Crippen molar-refractivity contribution in [2.24, 2.45) is 5.73 Å². The Morgan fingerprint density at radius 3 is 2.11 bits per heavy atom. The zero-order valence-electron chi connectivity index (χ0n) is 15.1. The fourth-order valence-electron chi connectivity index (χ4n) is 3.27. The number of rotatable bonds is 7. The Morgan fingerprint density at radius 2 is 1.48 bits per heavy atom. The molecular formula is C21H24N2O4. The third kappa shape index (κ3) is 5.00. The van der Waals surface area contributed by atoms with Gasteiger partial charge in [0.1, 0.15) is 22.8 Å². The summed E-state index contributed by atoms with van der Waals surface area (Å²) in [6.45, 7) is -0.173. The van der Waals surface area contributed by atoms with E-state index in [1.165, 1.54) is 0 Å². The summed E-state index contributed by atoms with van der Waals surface area (Å²) in [5, 5.41) is 2.78. The first-order chi connectivity index (χ1) is 13.1. The van der Waals surface area contributed by atoms with E-state index < -0.39 is 11.4 Å². The molecule has 6 nitrogen and oxygen atoms in total. The number of primary amides is 1. The molecule has 3 rings (SSSR count). The number of carbonyl (C=O) groups excluding carboxylic acids is 2. The molecular weight excluding hydrogens is 344 g/mol. The molecule has 0 radical (unpaired) electrons. The van der Waals surface area contributed by atoms with E-state index >= 15 is 0 Å². The van der Waals surface area contributed by atoms with E-state index in [0.29, 0.717) is 24.3 Å². The van der Waals surface area contributed by atoms with Crippen molar-refractivity contribution in [3.8, 4) is 17.2 Å². The minimum Gasteiger partial charge on any atom is -0.484 e. The summed E-state index contributed by atoms with van der Waals surface area (Å²) in [7, 11) is 0. The van der Waals surface area contributed by atoms with Crippen LogP contribution in [-0.4, -0.2) is 24.0 Å². The lowest BCUT2D eigenvalue weighted by Gasteiger charge is -2.35. The Balaban J connectivity index is 1.52. The number of benzene rings is 2. The van der Waals surface area contributed by atoms with Crippen molar-refractivity contribution in [2.45, 2.75) is 37.6 Å². The Hall–Kier alpha value is -3.02. The van der Waals surface area contributed by atoms with Gasteiger partial charge in [0.2, 0.25) is 5.91 Å². The number of amides is 2. The Bertz CT molecular complexity index is 769. The monoisotopic (exact) mass is 368 g/mol. The molecule has 3 N–H and O–H groups in total. The van der Waals surface area contributed by atoms with Crippen molar-refractivity contribution >= 4 is 11.8 Å². The summed E-state index contributed by atoms with van der Waals surface area (Å²) in [6, 6.07) is 16.5. The first-order valence-corrected chi connectivity index (χ1v) is 9.14. The molecule has 1 fully saturated rings. The fraction of sp³-hybridized carbons (Fsp3) is 0.333. The Labute approximate surface area is 158 Å². The highest BCUT2D eigenvalue weighted by atomic mass is 16.5. The lowest BCUT2D eigenvalue weighted by atomic mass is 9.81. The van der Waals surface area contributed by atoms with Gasteiger partial charge >= 0.3 is 0 Å². The van der Waals surface area contributed by atoms with Crippen molar-refractivity contribution < 1.29 is 19.1 Å². The molecule has 6 heteroatoms. The van der Waals surface area contributed by atoms with Gasteiger partial charge in [-0.1, -0.05) is 37.5 Å². The van der Waals surface area contributed by atoms with E-state index in [4.69, 9.17) is 15.2 Å². The molecule has 2 amide bonds. The van der Waals surface area contributed by atoms with Crippen molar-refractivity contribution in [1.29, 1.82) is 0 Å². The van der Waals surface area contributed by atoms with Crippen molar-refractivity contribution in [2.75, 3.05) is 6.61 Å². The molecule has 0 aromatic heterocycles. The van der Waals surface area contributed by atoms with Crippen molar-refractivity contribution in [3.63, 3.8) is 0 Å². The van der Waals surface area contributed by atoms with Crippen molar-refractivity contribution in [3.05, 3.63) is 54.6 Å². The second kappa shape index (κ2) is 8.58. The van der Waals surface area contributed by atoms with Crippen LogP contribution in [0.25, 0.3) is 0 Å². The van der Waals surface area contributed by atoms with E-state index in [9.17, 15) is 9.59 Å². The van der Waals surface area contributed by atoms with Gasteiger partial charge in [-0.15, -0.1) is 0 Å². The third-order valence-electron chi connectivity index (χ3n) is 4.73. The number of hydrogen-bond donors (Lipinski definition) is 2. The largest absolute Gasteiger partial charge is 0.484 e. The Morgan fingerprint density at radius 1 is 0.889 bits per heavy atom. The van der Waals surface area contributed by atoms with Crippen molar-refractivity contribution in [1.82, 2.24) is 5.32 Å². The molecule has 1 aliphatic carbocycles. The highest BCUT2D eigenvalue weighted by Crippen LogP contribution is 2.28. The van der Waals surface area contributed by atoms with Crippen LogP contribution >= 0.6 is 0 Å². The van der Waals surface area contributed by atoms with E-state index in [2.05, 4.69) is 5.32 Å². The minimum absolute atomic E-state index is 0.173. The number of hydrogen-bond acceptors (Lipinski definition) is 4. The van der Waals surface area contributed by atoms with E-state index in [1.807, 2.05) is 30.3 Å². The standard InChI is InChI=1S/C21H24N2O4/c22-20(25)21(13-5-2-6-14-21)23-19(24)15-26-16-9-11-18(12-10-16)27-17-7-3-1-4-8-17/h1,3-4,7-12H,2,5-6,13-15H2,(H2,22,25)(H,23,24). The van der Waals surface area contributed by atoms with Gasteiger partial charge in [-0.05, 0) is 49.2 Å². The summed E-state index contributed by atoms with van der Waals surface area (Å²) >= 11 is 0. The maximum atomic E-state index is 12.2. The second-order valence-electron chi connectivity index (χ2n) is 6.73. The molecule has 2 aromatic carbocycles. The van der Waals surface area contributed by atoms with Crippen LogP contribution < -0.4 is 20.5 Å². The lowest BCUT2D eigenvalue weighted by Crippen LogP contribution is -2.59. The smallest absolute Gasteiger partial charge is 0.258 e. The topological polar surface area (TPSA) is 90.7 Å². The van der Waals surface area contributed by atoms with Crippen LogP contribution in [0.2, 0.25) is 0 Å². The number of carbonyl (C=O) groups is 2. The molecule has 0 atom stereocenters. The molecule has 0 saturated heterocycles. The lowest BCUT2D eigenvalue weighted by molar-refractivity contribution is -0.133. The van der Waals surface area contributed by atoms with Crippen LogP contribution in [0.3, 0.4) is 0 Å². The predicted molar refractivity (Wildman–Crippen MR) is 102 cm³/mol. The van der Waals surface area contributed by atoms with Gasteiger partial charge in [0.15, 0.2) is 6.61 Å². The van der Waals surface area contributed by atoms with Gasteiger partial charge in [-0.2, -0.15) is 0 Å². The molecule has 0 spiro atoms. The third-order valence-corrected chi connectivity index (χ3v) is 4.73. The first-order valence-electron chi connectivity index (χ1n) is 9.14. The van der Waals surface area contributed by atoms with Crippen LogP contribution in [0.15, 0.2) is 54.6 Å². The number of nitrogens with two attached hydrogens (primary N) is 1. The van der Waals surface area contributed by atoms with Gasteiger partial charge in [0.05, 0.1) is 0 Å².